The Morgan fingerprint density at radius 1 is 0.800 bits per heavy atom. The topological polar surface area (TPSA) is 122 Å². The number of nitrogens with two attached hydrogens (primary N) is 2. The summed E-state index contributed by atoms with van der Waals surface area (Å²) in [6, 6.07) is 14.2. The van der Waals surface area contributed by atoms with Crippen molar-refractivity contribution < 1.29 is 23.9 Å². The van der Waals surface area contributed by atoms with Gasteiger partial charge in [0.25, 0.3) is 11.8 Å². The van der Waals surface area contributed by atoms with Crippen molar-refractivity contribution >= 4 is 29.7 Å². The predicted octanol–water partition coefficient (Wildman–Crippen LogP) is 2.24. The van der Waals surface area contributed by atoms with Gasteiger partial charge in [0.1, 0.15) is 11.5 Å². The van der Waals surface area contributed by atoms with E-state index in [4.69, 9.17) is 20.9 Å². The summed E-state index contributed by atoms with van der Waals surface area (Å²) in [7, 11) is 0. The third kappa shape index (κ3) is 5.81. The number of hydrogen-bond acceptors (Lipinski definition) is 5. The van der Waals surface area contributed by atoms with Gasteiger partial charge in [-0.05, 0) is 60.4 Å². The predicted molar refractivity (Wildman–Crippen MR) is 112 cm³/mol. The number of carbonyl (C=O) groups is 3. The van der Waals surface area contributed by atoms with Crippen LogP contribution in [0.3, 0.4) is 0 Å². The number of amides is 2. The summed E-state index contributed by atoms with van der Waals surface area (Å²) < 4.78 is 10.6. The summed E-state index contributed by atoms with van der Waals surface area (Å²) in [4.78, 5) is 34.5. The van der Waals surface area contributed by atoms with Gasteiger partial charge in [0, 0.05) is 11.1 Å². The molecule has 7 heteroatoms. The van der Waals surface area contributed by atoms with Crippen LogP contribution in [0.25, 0.3) is 12.2 Å². The molecule has 0 atom stereocenters. The molecule has 2 aromatic carbocycles. The highest BCUT2D eigenvalue weighted by Crippen LogP contribution is 2.30. The average Bonchev–Trinajstić information content (AvgIpc) is 3.05. The molecule has 7 nitrogen and oxygen atoms in total. The lowest BCUT2D eigenvalue weighted by Crippen LogP contribution is -2.19. The molecule has 1 fully saturated rings. The monoisotopic (exact) mass is 406 g/mol. The van der Waals surface area contributed by atoms with E-state index in [1.165, 1.54) is 0 Å². The van der Waals surface area contributed by atoms with E-state index in [1.54, 1.807) is 36.4 Å². The van der Waals surface area contributed by atoms with Crippen molar-refractivity contribution in [1.29, 1.82) is 0 Å². The summed E-state index contributed by atoms with van der Waals surface area (Å²) in [6.45, 7) is -0.401. The summed E-state index contributed by atoms with van der Waals surface area (Å²) in [5, 5.41) is 0. The molecule has 1 saturated carbocycles. The van der Waals surface area contributed by atoms with E-state index in [0.717, 1.165) is 11.1 Å². The Hall–Kier alpha value is -3.87. The number of primary amides is 2. The van der Waals surface area contributed by atoms with E-state index < -0.39 is 11.8 Å². The third-order valence-electron chi connectivity index (χ3n) is 4.41. The fourth-order valence-electron chi connectivity index (χ4n) is 3.08. The highest BCUT2D eigenvalue weighted by Gasteiger charge is 2.23. The number of ether oxygens (including phenoxy) is 2. The lowest BCUT2D eigenvalue weighted by molar-refractivity contribution is -0.120. The fraction of sp³-hybridized carbons (Fsp3) is 0.174. The van der Waals surface area contributed by atoms with Gasteiger partial charge in [0.2, 0.25) is 0 Å². The zero-order valence-electron chi connectivity index (χ0n) is 16.3. The summed E-state index contributed by atoms with van der Waals surface area (Å²) in [5.41, 5.74) is 13.2. The van der Waals surface area contributed by atoms with E-state index in [1.807, 2.05) is 24.3 Å². The molecular weight excluding hydrogens is 384 g/mol. The van der Waals surface area contributed by atoms with Gasteiger partial charge in [-0.3, -0.25) is 14.4 Å². The molecule has 1 aliphatic carbocycles. The molecule has 0 aromatic heterocycles. The van der Waals surface area contributed by atoms with Crippen LogP contribution in [0.2, 0.25) is 0 Å². The van der Waals surface area contributed by atoms with Crippen molar-refractivity contribution in [2.75, 3.05) is 13.2 Å². The molecule has 30 heavy (non-hydrogen) atoms. The van der Waals surface area contributed by atoms with E-state index in [2.05, 4.69) is 0 Å². The molecular formula is C23H22N2O5. The van der Waals surface area contributed by atoms with Gasteiger partial charge in [-0.1, -0.05) is 24.3 Å². The van der Waals surface area contributed by atoms with E-state index in [-0.39, 0.29) is 19.0 Å². The Morgan fingerprint density at radius 2 is 1.23 bits per heavy atom. The van der Waals surface area contributed by atoms with Crippen LogP contribution in [0.15, 0.2) is 59.7 Å². The van der Waals surface area contributed by atoms with Crippen molar-refractivity contribution in [3.8, 4) is 11.5 Å². The van der Waals surface area contributed by atoms with Crippen LogP contribution < -0.4 is 20.9 Å². The number of ketones is 1. The summed E-state index contributed by atoms with van der Waals surface area (Å²) >= 11 is 0. The summed E-state index contributed by atoms with van der Waals surface area (Å²) in [5.74, 6) is -0.0941. The zero-order chi connectivity index (χ0) is 21.5. The molecule has 0 unspecified atom stereocenters. The Labute approximate surface area is 174 Å². The van der Waals surface area contributed by atoms with Gasteiger partial charge >= 0.3 is 0 Å². The Kier molecular flexibility index (Phi) is 6.64. The first-order chi connectivity index (χ1) is 14.4. The van der Waals surface area contributed by atoms with Crippen molar-refractivity contribution in [1.82, 2.24) is 0 Å². The van der Waals surface area contributed by atoms with Crippen LogP contribution in [-0.4, -0.2) is 30.8 Å². The number of carbonyl (C=O) groups excluding carboxylic acids is 3. The van der Waals surface area contributed by atoms with Crippen molar-refractivity contribution in [2.45, 2.75) is 12.8 Å². The molecule has 2 aromatic rings. The first kappa shape index (κ1) is 20.9. The van der Waals surface area contributed by atoms with Gasteiger partial charge in [-0.15, -0.1) is 0 Å². The first-order valence-corrected chi connectivity index (χ1v) is 9.39. The molecule has 0 bridgehead atoms. The lowest BCUT2D eigenvalue weighted by Gasteiger charge is -2.05. The minimum absolute atomic E-state index is 0.0121. The Balaban J connectivity index is 1.73. The summed E-state index contributed by atoms with van der Waals surface area (Å²) in [6.07, 6.45) is 4.92. The molecule has 2 amide bonds. The van der Waals surface area contributed by atoms with Gasteiger partial charge in [-0.2, -0.15) is 0 Å². The number of allylic oxidation sites excluding steroid dienone is 2. The second kappa shape index (κ2) is 9.56. The van der Waals surface area contributed by atoms with E-state index >= 15 is 0 Å². The molecule has 4 N–H and O–H groups in total. The van der Waals surface area contributed by atoms with Crippen LogP contribution >= 0.6 is 0 Å². The number of benzene rings is 2. The van der Waals surface area contributed by atoms with Gasteiger partial charge < -0.3 is 20.9 Å². The largest absolute Gasteiger partial charge is 0.484 e. The minimum atomic E-state index is -0.552. The van der Waals surface area contributed by atoms with Crippen LogP contribution in [0.4, 0.5) is 0 Å². The van der Waals surface area contributed by atoms with Gasteiger partial charge in [0.05, 0.1) is 0 Å². The van der Waals surface area contributed by atoms with Gasteiger partial charge in [-0.25, -0.2) is 0 Å². The second-order valence-corrected chi connectivity index (χ2v) is 6.82. The Bertz CT molecular complexity index is 958. The molecule has 0 saturated heterocycles. The van der Waals surface area contributed by atoms with Crippen molar-refractivity contribution in [3.63, 3.8) is 0 Å². The molecule has 0 heterocycles. The highest BCUT2D eigenvalue weighted by molar-refractivity contribution is 6.15. The van der Waals surface area contributed by atoms with Crippen molar-refractivity contribution in [2.24, 2.45) is 11.5 Å². The van der Waals surface area contributed by atoms with E-state index in [9.17, 15) is 14.4 Å². The zero-order valence-corrected chi connectivity index (χ0v) is 16.3. The molecule has 1 aliphatic rings. The smallest absolute Gasteiger partial charge is 0.255 e. The van der Waals surface area contributed by atoms with Gasteiger partial charge in [0.15, 0.2) is 19.0 Å². The third-order valence-corrected chi connectivity index (χ3v) is 4.41. The normalized spacial score (nSPS) is 16.1. The van der Waals surface area contributed by atoms with Crippen LogP contribution in [0.5, 0.6) is 11.5 Å². The van der Waals surface area contributed by atoms with E-state index in [0.29, 0.717) is 35.5 Å². The second-order valence-electron chi connectivity index (χ2n) is 6.82. The number of hydrogen-bond donors (Lipinski definition) is 2. The quantitative estimate of drug-likeness (QED) is 0.651. The fourth-order valence-corrected chi connectivity index (χ4v) is 3.08. The minimum Gasteiger partial charge on any atom is -0.484 e. The first-order valence-electron chi connectivity index (χ1n) is 9.39. The maximum Gasteiger partial charge on any atom is 0.255 e. The molecule has 154 valence electrons. The molecule has 0 radical (unpaired) electrons. The maximum atomic E-state index is 12.8. The molecule has 0 aliphatic heterocycles. The van der Waals surface area contributed by atoms with Crippen LogP contribution in [0, 0.1) is 0 Å². The van der Waals surface area contributed by atoms with Crippen LogP contribution in [0.1, 0.15) is 24.0 Å². The number of rotatable bonds is 8. The Morgan fingerprint density at radius 3 is 1.63 bits per heavy atom. The number of Topliss-reactive ketones (excluding diaryl/α,β-unsaturated/α-hetero) is 1. The standard InChI is InChI=1S/C23H22N2O5/c24-21(26)13-29-19-5-1-3-15(11-19)9-17-7-8-18(23(17)28)10-16-4-2-6-20(12-16)30-14-22(25)27/h1-6,9-12H,7-8,13-14H2,(H2,24,26)(H2,25,27)/b17-9-,18-10+. The molecule has 0 spiro atoms. The SMILES string of the molecule is NC(=O)COc1cccc(/C=C2/CC/C(=C\c3cccc(OCC(N)=O)c3)C2=O)c1. The average molecular weight is 406 g/mol. The maximum absolute atomic E-state index is 12.8. The van der Waals surface area contributed by atoms with Crippen molar-refractivity contribution in [3.05, 3.63) is 70.8 Å². The van der Waals surface area contributed by atoms with Crippen LogP contribution in [-0.2, 0) is 14.4 Å². The lowest BCUT2D eigenvalue weighted by atomic mass is 10.1. The highest BCUT2D eigenvalue weighted by atomic mass is 16.5. The molecule has 3 rings (SSSR count).